The summed E-state index contributed by atoms with van der Waals surface area (Å²) in [5.74, 6) is 0.949. The third-order valence-electron chi connectivity index (χ3n) is 7.55. The number of fused-ring (bicyclic) bond motifs is 4. The average Bonchev–Trinajstić information content (AvgIpc) is 2.84. The largest absolute Gasteiger partial charge is 0.511 e. The zero-order valence-corrected chi connectivity index (χ0v) is 23.3. The molecule has 1 amide bonds. The smallest absolute Gasteiger partial charge is 0.455 e. The van der Waals surface area contributed by atoms with Crippen molar-refractivity contribution in [2.24, 2.45) is 5.92 Å². The number of carbonyl (C=O) groups excluding carboxylic acids is 2. The molecule has 1 saturated carbocycles. The van der Waals surface area contributed by atoms with Gasteiger partial charge in [-0.3, -0.25) is 0 Å². The van der Waals surface area contributed by atoms with E-state index in [0.29, 0.717) is 11.7 Å². The van der Waals surface area contributed by atoms with E-state index in [4.69, 9.17) is 18.9 Å². The van der Waals surface area contributed by atoms with Crippen LogP contribution in [0.25, 0.3) is 0 Å². The van der Waals surface area contributed by atoms with E-state index in [1.807, 2.05) is 42.5 Å². The second-order valence-electron chi connectivity index (χ2n) is 11.8. The number of ether oxygens (including phenoxy) is 4. The van der Waals surface area contributed by atoms with Crippen LogP contribution in [-0.4, -0.2) is 30.2 Å². The van der Waals surface area contributed by atoms with Crippen LogP contribution in [0.1, 0.15) is 83.4 Å². The predicted octanol–water partition coefficient (Wildman–Crippen LogP) is 7.05. The highest BCUT2D eigenvalue weighted by molar-refractivity contribution is 5.68. The van der Waals surface area contributed by atoms with Gasteiger partial charge in [-0.25, -0.2) is 9.59 Å². The highest BCUT2D eigenvalue weighted by Gasteiger charge is 2.47. The molecule has 1 fully saturated rings. The fourth-order valence-corrected chi connectivity index (χ4v) is 5.86. The van der Waals surface area contributed by atoms with E-state index in [1.165, 1.54) is 17.5 Å². The predicted molar refractivity (Wildman–Crippen MR) is 145 cm³/mol. The van der Waals surface area contributed by atoms with Crippen LogP contribution in [0.3, 0.4) is 0 Å². The van der Waals surface area contributed by atoms with Gasteiger partial charge in [-0.15, -0.1) is 0 Å². The third kappa shape index (κ3) is 7.00. The highest BCUT2D eigenvalue weighted by atomic mass is 16.8. The lowest BCUT2D eigenvalue weighted by Gasteiger charge is -2.49. The van der Waals surface area contributed by atoms with Gasteiger partial charge < -0.3 is 24.3 Å². The van der Waals surface area contributed by atoms with Gasteiger partial charge in [-0.05, 0) is 74.8 Å². The molecular weight excluding hydrogens is 482 g/mol. The summed E-state index contributed by atoms with van der Waals surface area (Å²) in [6.07, 6.45) is 4.37. The molecule has 2 bridgehead atoms. The van der Waals surface area contributed by atoms with Gasteiger partial charge >= 0.3 is 12.2 Å². The minimum absolute atomic E-state index is 0.0516. The summed E-state index contributed by atoms with van der Waals surface area (Å²) in [7, 11) is 0. The molecule has 4 atom stereocenters. The van der Waals surface area contributed by atoms with E-state index in [2.05, 4.69) is 18.3 Å². The molecule has 0 aliphatic heterocycles. The number of nitrogens with one attached hydrogen (secondary N) is 1. The summed E-state index contributed by atoms with van der Waals surface area (Å²) in [5.41, 5.74) is 2.49. The molecule has 0 saturated heterocycles. The topological polar surface area (TPSA) is 83.1 Å². The van der Waals surface area contributed by atoms with Crippen molar-refractivity contribution in [2.75, 3.05) is 0 Å². The Morgan fingerprint density at radius 2 is 1.84 bits per heavy atom. The van der Waals surface area contributed by atoms with Gasteiger partial charge in [0, 0.05) is 18.4 Å². The SMILES string of the molecule is CC(OC(=O)OC(C)(C)C)Oc1ccc2c(c1)[C@@]1(C)CCCCC[C@@H](C2)[C@@H]1NC(=O)OCc1ccccc1. The number of benzene rings is 2. The molecule has 7 nitrogen and oxygen atoms in total. The number of alkyl carbamates (subject to hydrolysis) is 1. The van der Waals surface area contributed by atoms with Gasteiger partial charge in [0.1, 0.15) is 18.0 Å². The molecule has 2 aromatic rings. The van der Waals surface area contributed by atoms with Gasteiger partial charge in [0.2, 0.25) is 6.29 Å². The van der Waals surface area contributed by atoms with Crippen LogP contribution in [0.15, 0.2) is 48.5 Å². The molecule has 2 aliphatic rings. The van der Waals surface area contributed by atoms with Crippen LogP contribution in [0.2, 0.25) is 0 Å². The number of hydrogen-bond acceptors (Lipinski definition) is 6. The minimum Gasteiger partial charge on any atom is -0.455 e. The van der Waals surface area contributed by atoms with Crippen LogP contribution in [0.4, 0.5) is 9.59 Å². The normalized spacial score (nSPS) is 23.6. The molecule has 2 aromatic carbocycles. The van der Waals surface area contributed by atoms with Crippen molar-refractivity contribution in [3.8, 4) is 5.75 Å². The summed E-state index contributed by atoms with van der Waals surface area (Å²) in [6, 6.07) is 15.8. The van der Waals surface area contributed by atoms with Gasteiger partial charge in [-0.2, -0.15) is 0 Å². The lowest BCUT2D eigenvalue weighted by molar-refractivity contribution is -0.0771. The second-order valence-corrected chi connectivity index (χ2v) is 11.8. The first-order valence-corrected chi connectivity index (χ1v) is 13.7. The van der Waals surface area contributed by atoms with E-state index in [9.17, 15) is 9.59 Å². The lowest BCUT2D eigenvalue weighted by Crippen LogP contribution is -2.57. The Bertz CT molecular complexity index is 1110. The molecule has 7 heteroatoms. The molecule has 2 aliphatic carbocycles. The fraction of sp³-hybridized carbons (Fsp3) is 0.548. The fourth-order valence-electron chi connectivity index (χ4n) is 5.86. The first-order chi connectivity index (χ1) is 18.0. The maximum Gasteiger partial charge on any atom is 0.511 e. The number of carbonyl (C=O) groups is 2. The monoisotopic (exact) mass is 523 g/mol. The van der Waals surface area contributed by atoms with E-state index < -0.39 is 18.0 Å². The molecule has 0 heterocycles. The molecule has 0 radical (unpaired) electrons. The Labute approximate surface area is 226 Å². The molecule has 1 N–H and O–H groups in total. The van der Waals surface area contributed by atoms with E-state index in [0.717, 1.165) is 37.7 Å². The molecule has 38 heavy (non-hydrogen) atoms. The van der Waals surface area contributed by atoms with Crippen molar-refractivity contribution in [1.29, 1.82) is 0 Å². The maximum atomic E-state index is 13.0. The lowest BCUT2D eigenvalue weighted by atomic mass is 9.59. The second kappa shape index (κ2) is 11.7. The van der Waals surface area contributed by atoms with Crippen LogP contribution in [0, 0.1) is 5.92 Å². The zero-order chi connectivity index (χ0) is 27.3. The van der Waals surface area contributed by atoms with Crippen molar-refractivity contribution in [1.82, 2.24) is 5.32 Å². The van der Waals surface area contributed by atoms with E-state index in [1.54, 1.807) is 27.7 Å². The third-order valence-corrected chi connectivity index (χ3v) is 7.55. The maximum absolute atomic E-state index is 13.0. The van der Waals surface area contributed by atoms with Crippen molar-refractivity contribution >= 4 is 12.2 Å². The van der Waals surface area contributed by atoms with Gasteiger partial charge in [-0.1, -0.05) is 62.6 Å². The summed E-state index contributed by atoms with van der Waals surface area (Å²) >= 11 is 0. The van der Waals surface area contributed by atoms with E-state index in [-0.39, 0.29) is 24.2 Å². The first-order valence-electron chi connectivity index (χ1n) is 13.7. The summed E-state index contributed by atoms with van der Waals surface area (Å²) in [6.45, 7) is 9.52. The zero-order valence-electron chi connectivity index (χ0n) is 23.3. The molecule has 0 aromatic heterocycles. The quantitative estimate of drug-likeness (QED) is 0.323. The van der Waals surface area contributed by atoms with Crippen LogP contribution in [0.5, 0.6) is 5.75 Å². The van der Waals surface area contributed by atoms with Crippen molar-refractivity contribution < 1.29 is 28.5 Å². The molecule has 206 valence electrons. The van der Waals surface area contributed by atoms with Crippen molar-refractivity contribution in [3.63, 3.8) is 0 Å². The number of rotatable bonds is 6. The Balaban J connectivity index is 1.51. The molecule has 0 spiro atoms. The molecule has 1 unspecified atom stereocenters. The van der Waals surface area contributed by atoms with Crippen LogP contribution < -0.4 is 10.1 Å². The average molecular weight is 524 g/mol. The summed E-state index contributed by atoms with van der Waals surface area (Å²) in [5, 5.41) is 3.26. The Morgan fingerprint density at radius 3 is 2.58 bits per heavy atom. The standard InChI is InChI=1S/C31H41NO6/c1-21(37-29(34)38-30(2,3)4)36-25-16-15-23-18-24-14-10-7-11-17-31(5,26(23)19-25)27(24)32-28(33)35-20-22-12-8-6-9-13-22/h6,8-9,12-13,15-16,19,21,24,27H,7,10-11,14,17-18,20H2,1-5H3,(H,32,33)/t21?,24-,27-,31+/m0/s1. The first kappa shape index (κ1) is 27.8. The van der Waals surface area contributed by atoms with E-state index >= 15 is 0 Å². The Kier molecular flexibility index (Phi) is 8.54. The van der Waals surface area contributed by atoms with Gasteiger partial charge in [0.15, 0.2) is 0 Å². The minimum atomic E-state index is -0.814. The van der Waals surface area contributed by atoms with Crippen molar-refractivity contribution in [2.45, 2.75) is 103 Å². The molecule has 4 rings (SSSR count). The van der Waals surface area contributed by atoms with Crippen LogP contribution >= 0.6 is 0 Å². The summed E-state index contributed by atoms with van der Waals surface area (Å²) in [4.78, 5) is 25.0. The number of amides is 1. The van der Waals surface area contributed by atoms with Crippen LogP contribution in [-0.2, 0) is 32.7 Å². The highest BCUT2D eigenvalue weighted by Crippen LogP contribution is 2.47. The molecular formula is C31H41NO6. The van der Waals surface area contributed by atoms with Crippen molar-refractivity contribution in [3.05, 3.63) is 65.2 Å². The number of hydrogen-bond donors (Lipinski definition) is 1. The summed E-state index contributed by atoms with van der Waals surface area (Å²) < 4.78 is 22.1. The van der Waals surface area contributed by atoms with Gasteiger partial charge in [0.25, 0.3) is 0 Å². The Morgan fingerprint density at radius 1 is 1.08 bits per heavy atom. The Hall–Kier alpha value is -3.22. The van der Waals surface area contributed by atoms with Gasteiger partial charge in [0.05, 0.1) is 0 Å².